The van der Waals surface area contributed by atoms with Gasteiger partial charge in [-0.2, -0.15) is 4.98 Å². The van der Waals surface area contributed by atoms with E-state index in [0.717, 1.165) is 47.9 Å². The van der Waals surface area contributed by atoms with Crippen molar-refractivity contribution in [2.75, 3.05) is 33.4 Å². The number of para-hydroxylation sites is 1. The van der Waals surface area contributed by atoms with E-state index in [9.17, 15) is 4.79 Å². The summed E-state index contributed by atoms with van der Waals surface area (Å²) in [4.78, 5) is 25.2. The number of aryl methyl sites for hydroxylation is 2. The fourth-order valence-electron chi connectivity index (χ4n) is 3.41. The lowest BCUT2D eigenvalue weighted by Gasteiger charge is -2.23. The second kappa shape index (κ2) is 8.44. The van der Waals surface area contributed by atoms with E-state index in [-0.39, 0.29) is 0 Å². The highest BCUT2D eigenvalue weighted by molar-refractivity contribution is 7.18. The van der Waals surface area contributed by atoms with Crippen molar-refractivity contribution >= 4 is 27.5 Å². The highest BCUT2D eigenvalue weighted by Gasteiger charge is 2.22. The molecule has 0 bridgehead atoms. The maximum absolute atomic E-state index is 12.1. The standard InChI is InChI=1S/C21H23N3O4S/c1-13-14(2)29-20-18(13)19(22-17(23-20)12-24-8-10-27-11-9-24)28-16-7-5-4-6-15(16)21(25)26-3/h4-7H,8-12H2,1-3H3/p+1. The first kappa shape index (κ1) is 19.8. The van der Waals surface area contributed by atoms with E-state index >= 15 is 0 Å². The number of hydrogen-bond acceptors (Lipinski definition) is 7. The van der Waals surface area contributed by atoms with Crippen molar-refractivity contribution in [2.24, 2.45) is 0 Å². The molecule has 1 saturated heterocycles. The van der Waals surface area contributed by atoms with Crippen LogP contribution in [0, 0.1) is 13.8 Å². The molecule has 0 unspecified atom stereocenters. The molecule has 2 aromatic heterocycles. The number of nitrogens with one attached hydrogen (secondary N) is 1. The van der Waals surface area contributed by atoms with Gasteiger partial charge in [0.2, 0.25) is 5.88 Å². The van der Waals surface area contributed by atoms with E-state index in [0.29, 0.717) is 23.7 Å². The van der Waals surface area contributed by atoms with Crippen LogP contribution >= 0.6 is 11.3 Å². The van der Waals surface area contributed by atoms with E-state index in [1.54, 1.807) is 29.5 Å². The third-order valence-electron chi connectivity index (χ3n) is 5.15. The summed E-state index contributed by atoms with van der Waals surface area (Å²) >= 11 is 1.64. The lowest BCUT2D eigenvalue weighted by molar-refractivity contribution is -0.922. The molecule has 3 aromatic rings. The molecule has 0 atom stereocenters. The molecule has 29 heavy (non-hydrogen) atoms. The summed E-state index contributed by atoms with van der Waals surface area (Å²) in [5.41, 5.74) is 1.47. The summed E-state index contributed by atoms with van der Waals surface area (Å²) in [5.74, 6) is 1.20. The van der Waals surface area contributed by atoms with Crippen LogP contribution in [0.1, 0.15) is 26.6 Å². The Labute approximate surface area is 173 Å². The minimum absolute atomic E-state index is 0.367. The van der Waals surface area contributed by atoms with Gasteiger partial charge in [-0.15, -0.1) is 11.3 Å². The van der Waals surface area contributed by atoms with Crippen LogP contribution in [0.3, 0.4) is 0 Å². The van der Waals surface area contributed by atoms with Gasteiger partial charge in [-0.3, -0.25) is 0 Å². The first-order valence-corrected chi connectivity index (χ1v) is 10.4. The molecule has 0 spiro atoms. The first-order valence-electron chi connectivity index (χ1n) is 9.60. The Bertz CT molecular complexity index is 1040. The van der Waals surface area contributed by atoms with Gasteiger partial charge < -0.3 is 19.1 Å². The summed E-state index contributed by atoms with van der Waals surface area (Å²) in [5, 5.41) is 0.896. The minimum Gasteiger partial charge on any atom is -0.465 e. The van der Waals surface area contributed by atoms with Crippen molar-refractivity contribution in [1.29, 1.82) is 0 Å². The van der Waals surface area contributed by atoms with Gasteiger partial charge in [-0.1, -0.05) is 12.1 Å². The van der Waals surface area contributed by atoms with Crippen LogP contribution < -0.4 is 9.64 Å². The quantitative estimate of drug-likeness (QED) is 0.646. The fraction of sp³-hybridized carbons (Fsp3) is 0.381. The van der Waals surface area contributed by atoms with Crippen LogP contribution in [0.15, 0.2) is 24.3 Å². The van der Waals surface area contributed by atoms with Gasteiger partial charge in [0.15, 0.2) is 5.82 Å². The summed E-state index contributed by atoms with van der Waals surface area (Å²) in [6, 6.07) is 7.04. The SMILES string of the molecule is COC(=O)c1ccccc1Oc1nc(C[NH+]2CCOCC2)nc2sc(C)c(C)c12. The number of carbonyl (C=O) groups is 1. The van der Waals surface area contributed by atoms with Crippen molar-refractivity contribution in [2.45, 2.75) is 20.4 Å². The summed E-state index contributed by atoms with van der Waals surface area (Å²) in [6.45, 7) is 8.21. The smallest absolute Gasteiger partial charge is 0.341 e. The predicted octanol–water partition coefficient (Wildman–Crippen LogP) is 2.30. The number of hydrogen-bond donors (Lipinski definition) is 1. The predicted molar refractivity (Wildman–Crippen MR) is 110 cm³/mol. The zero-order valence-electron chi connectivity index (χ0n) is 16.8. The van der Waals surface area contributed by atoms with E-state index in [2.05, 4.69) is 6.92 Å². The maximum Gasteiger partial charge on any atom is 0.341 e. The number of morpholine rings is 1. The number of benzene rings is 1. The Morgan fingerprint density at radius 2 is 1.97 bits per heavy atom. The Balaban J connectivity index is 1.75. The summed E-state index contributed by atoms with van der Waals surface area (Å²) in [6.07, 6.45) is 0. The van der Waals surface area contributed by atoms with Crippen molar-refractivity contribution < 1.29 is 23.9 Å². The van der Waals surface area contributed by atoms with Crippen molar-refractivity contribution in [3.8, 4) is 11.6 Å². The molecular formula is C21H24N3O4S+. The van der Waals surface area contributed by atoms with Gasteiger partial charge >= 0.3 is 5.97 Å². The largest absolute Gasteiger partial charge is 0.465 e. The number of quaternary nitrogens is 1. The number of methoxy groups -OCH3 is 1. The number of esters is 1. The van der Waals surface area contributed by atoms with Crippen molar-refractivity contribution in [3.63, 3.8) is 0 Å². The molecule has 7 nitrogen and oxygen atoms in total. The van der Waals surface area contributed by atoms with Crippen LogP contribution in [0.25, 0.3) is 10.2 Å². The zero-order chi connectivity index (χ0) is 20.4. The molecule has 3 heterocycles. The average Bonchev–Trinajstić information content (AvgIpc) is 3.02. The van der Waals surface area contributed by atoms with Crippen LogP contribution in [-0.2, 0) is 16.0 Å². The zero-order valence-corrected chi connectivity index (χ0v) is 17.6. The number of ether oxygens (including phenoxy) is 3. The third-order valence-corrected chi connectivity index (χ3v) is 6.25. The summed E-state index contributed by atoms with van der Waals surface area (Å²) in [7, 11) is 1.36. The van der Waals surface area contributed by atoms with E-state index < -0.39 is 5.97 Å². The number of nitrogens with zero attached hydrogens (tertiary/aromatic N) is 2. The highest BCUT2D eigenvalue weighted by atomic mass is 32.1. The second-order valence-electron chi connectivity index (χ2n) is 7.04. The van der Waals surface area contributed by atoms with Crippen LogP contribution in [0.5, 0.6) is 11.6 Å². The molecule has 1 aromatic carbocycles. The minimum atomic E-state index is -0.442. The molecule has 1 N–H and O–H groups in total. The highest BCUT2D eigenvalue weighted by Crippen LogP contribution is 2.37. The average molecular weight is 415 g/mol. The molecule has 8 heteroatoms. The van der Waals surface area contributed by atoms with Gasteiger partial charge in [0.05, 0.1) is 25.7 Å². The Morgan fingerprint density at radius 3 is 2.72 bits per heavy atom. The number of carbonyl (C=O) groups excluding carboxylic acids is 1. The van der Waals surface area contributed by atoms with Crippen molar-refractivity contribution in [3.05, 3.63) is 46.1 Å². The Kier molecular flexibility index (Phi) is 5.75. The Morgan fingerprint density at radius 1 is 1.21 bits per heavy atom. The van der Waals surface area contributed by atoms with E-state index in [4.69, 9.17) is 24.2 Å². The lowest BCUT2D eigenvalue weighted by atomic mass is 10.2. The van der Waals surface area contributed by atoms with Gasteiger partial charge in [0, 0.05) is 4.88 Å². The van der Waals surface area contributed by atoms with Crippen LogP contribution in [-0.4, -0.2) is 49.4 Å². The lowest BCUT2D eigenvalue weighted by Crippen LogP contribution is -3.12. The molecule has 0 aliphatic carbocycles. The first-order chi connectivity index (χ1) is 14.1. The van der Waals surface area contributed by atoms with E-state index in [1.807, 2.05) is 13.0 Å². The van der Waals surface area contributed by atoms with Gasteiger partial charge in [0.1, 0.15) is 35.8 Å². The second-order valence-corrected chi connectivity index (χ2v) is 8.24. The molecule has 0 saturated carbocycles. The molecule has 0 radical (unpaired) electrons. The maximum atomic E-state index is 12.1. The molecule has 1 aliphatic rings. The number of thiophene rings is 1. The molecule has 1 fully saturated rings. The number of fused-ring (bicyclic) bond motifs is 1. The van der Waals surface area contributed by atoms with Crippen LogP contribution in [0.2, 0.25) is 0 Å². The van der Waals surface area contributed by atoms with Crippen molar-refractivity contribution in [1.82, 2.24) is 9.97 Å². The number of rotatable bonds is 5. The number of aromatic nitrogens is 2. The topological polar surface area (TPSA) is 75.0 Å². The monoisotopic (exact) mass is 414 g/mol. The molecular weight excluding hydrogens is 390 g/mol. The van der Waals surface area contributed by atoms with Gasteiger partial charge in [-0.05, 0) is 31.5 Å². The van der Waals surface area contributed by atoms with Gasteiger partial charge in [-0.25, -0.2) is 9.78 Å². The fourth-order valence-corrected chi connectivity index (χ4v) is 4.45. The summed E-state index contributed by atoms with van der Waals surface area (Å²) < 4.78 is 16.5. The normalized spacial score (nSPS) is 14.9. The Hall–Kier alpha value is -2.55. The van der Waals surface area contributed by atoms with E-state index in [1.165, 1.54) is 16.9 Å². The van der Waals surface area contributed by atoms with Gasteiger partial charge in [0.25, 0.3) is 0 Å². The molecule has 4 rings (SSSR count). The molecule has 1 aliphatic heterocycles. The third kappa shape index (κ3) is 4.10. The van der Waals surface area contributed by atoms with Crippen LogP contribution in [0.4, 0.5) is 0 Å². The molecule has 0 amide bonds. The molecule has 152 valence electrons.